The molecule has 9 heteroatoms. The largest absolute Gasteiger partial charge is 0.368 e. The molecule has 1 aromatic heterocycles. The number of nitriles is 1. The van der Waals surface area contributed by atoms with Crippen LogP contribution in [0.2, 0.25) is 0 Å². The van der Waals surface area contributed by atoms with Gasteiger partial charge >= 0.3 is 0 Å². The van der Waals surface area contributed by atoms with E-state index < -0.39 is 11.1 Å². The molecule has 2 amide bonds. The second-order valence-electron chi connectivity index (χ2n) is 8.30. The molecule has 0 saturated carbocycles. The number of imide groups is 1. The minimum atomic E-state index is -0.450. The summed E-state index contributed by atoms with van der Waals surface area (Å²) in [4.78, 5) is 30.0. The van der Waals surface area contributed by atoms with Crippen molar-refractivity contribution in [3.05, 3.63) is 64.4 Å². The summed E-state index contributed by atoms with van der Waals surface area (Å²) in [6.45, 7) is 1.35. The van der Waals surface area contributed by atoms with Crippen molar-refractivity contribution in [1.82, 2.24) is 10.3 Å². The van der Waals surface area contributed by atoms with Crippen LogP contribution in [0.3, 0.4) is 0 Å². The molecule has 0 aliphatic carbocycles. The zero-order valence-corrected chi connectivity index (χ0v) is 18.9. The molecule has 7 nitrogen and oxygen atoms in total. The number of pyridine rings is 1. The molecule has 3 N–H and O–H groups in total. The first-order valence-electron chi connectivity index (χ1n) is 10.8. The van der Waals surface area contributed by atoms with Crippen LogP contribution in [0.15, 0.2) is 47.5 Å². The second kappa shape index (κ2) is 8.89. The summed E-state index contributed by atoms with van der Waals surface area (Å²) in [6, 6.07) is 12.5. The van der Waals surface area contributed by atoms with E-state index in [2.05, 4.69) is 16.4 Å². The van der Waals surface area contributed by atoms with Crippen LogP contribution >= 0.6 is 11.8 Å². The summed E-state index contributed by atoms with van der Waals surface area (Å²) >= 11 is 0.830. The van der Waals surface area contributed by atoms with E-state index in [1.54, 1.807) is 36.4 Å². The van der Waals surface area contributed by atoms with Crippen LogP contribution in [0.5, 0.6) is 0 Å². The first-order valence-corrected chi connectivity index (χ1v) is 11.6. The number of benzene rings is 2. The van der Waals surface area contributed by atoms with Crippen LogP contribution in [-0.4, -0.2) is 35.3 Å². The number of thioether (sulfide) groups is 1. The Kier molecular flexibility index (Phi) is 5.77. The average Bonchev–Trinajstić information content (AvgIpc) is 3.14. The number of amides is 2. The van der Waals surface area contributed by atoms with Crippen molar-refractivity contribution in [2.75, 3.05) is 18.0 Å². The van der Waals surface area contributed by atoms with Gasteiger partial charge < -0.3 is 10.6 Å². The molecule has 1 atom stereocenters. The van der Waals surface area contributed by atoms with Gasteiger partial charge in [0, 0.05) is 36.3 Å². The normalized spacial score (nSPS) is 19.5. The van der Waals surface area contributed by atoms with Crippen molar-refractivity contribution in [2.24, 2.45) is 5.73 Å². The number of rotatable bonds is 3. The van der Waals surface area contributed by atoms with E-state index in [9.17, 15) is 14.9 Å². The third-order valence-electron chi connectivity index (χ3n) is 5.99. The highest BCUT2D eigenvalue weighted by Gasteiger charge is 2.25. The molecule has 2 aliphatic heterocycles. The zero-order valence-electron chi connectivity index (χ0n) is 18.0. The molecule has 5 rings (SSSR count). The van der Waals surface area contributed by atoms with Crippen LogP contribution in [0.1, 0.15) is 24.0 Å². The van der Waals surface area contributed by atoms with Gasteiger partial charge in [0.05, 0.1) is 21.7 Å². The molecule has 0 bridgehead atoms. The number of nitrogens with one attached hydrogen (secondary N) is 1. The molecule has 170 valence electrons. The molecule has 0 spiro atoms. The number of carbonyl (C=O) groups excluding carboxylic acids is 2. The highest BCUT2D eigenvalue weighted by Crippen LogP contribution is 2.35. The molecular weight excluding hydrogens is 453 g/mol. The van der Waals surface area contributed by atoms with E-state index in [1.807, 2.05) is 4.90 Å². The number of halogens is 1. The Bertz CT molecular complexity index is 1410. The smallest absolute Gasteiger partial charge is 0.290 e. The van der Waals surface area contributed by atoms with E-state index in [1.165, 1.54) is 12.3 Å². The van der Waals surface area contributed by atoms with E-state index >= 15 is 4.39 Å². The predicted molar refractivity (Wildman–Crippen MR) is 130 cm³/mol. The fourth-order valence-electron chi connectivity index (χ4n) is 4.42. The van der Waals surface area contributed by atoms with Crippen molar-refractivity contribution in [3.8, 4) is 17.2 Å². The summed E-state index contributed by atoms with van der Waals surface area (Å²) < 4.78 is 15.2. The predicted octanol–water partition coefficient (Wildman–Crippen LogP) is 4.16. The van der Waals surface area contributed by atoms with Crippen LogP contribution in [0.4, 0.5) is 14.9 Å². The SMILES string of the molecule is N#Cc1cnc2ccc(C=C3SC(=O)NC3=O)cc2c1-c1ccc(N2CCC[C@@H](N)C2)c(F)c1. The van der Waals surface area contributed by atoms with Gasteiger partial charge in [0.2, 0.25) is 0 Å². The lowest BCUT2D eigenvalue weighted by molar-refractivity contribution is -0.115. The number of anilines is 1. The number of fused-ring (bicyclic) bond motifs is 1. The fraction of sp³-hybridized carbons (Fsp3) is 0.200. The molecular formula is C25H20FN5O2S. The molecule has 34 heavy (non-hydrogen) atoms. The zero-order chi connectivity index (χ0) is 23.8. The summed E-state index contributed by atoms with van der Waals surface area (Å²) in [5.41, 5.74) is 9.28. The number of nitrogens with two attached hydrogens (primary N) is 1. The third kappa shape index (κ3) is 4.14. The van der Waals surface area contributed by atoms with Gasteiger partial charge in [-0.1, -0.05) is 12.1 Å². The summed E-state index contributed by atoms with van der Waals surface area (Å²) in [5, 5.41) is 12.2. The first kappa shape index (κ1) is 22.1. The van der Waals surface area contributed by atoms with Gasteiger partial charge in [-0.25, -0.2) is 4.39 Å². The maximum atomic E-state index is 15.2. The molecule has 3 heterocycles. The van der Waals surface area contributed by atoms with Crippen molar-refractivity contribution < 1.29 is 14.0 Å². The Balaban J connectivity index is 1.60. The summed E-state index contributed by atoms with van der Waals surface area (Å²) in [6.07, 6.45) is 4.92. The lowest BCUT2D eigenvalue weighted by Gasteiger charge is -2.33. The molecule has 2 saturated heterocycles. The van der Waals surface area contributed by atoms with Crippen LogP contribution in [0.25, 0.3) is 28.1 Å². The van der Waals surface area contributed by atoms with Gasteiger partial charge in [-0.3, -0.25) is 19.9 Å². The molecule has 0 radical (unpaired) electrons. The average molecular weight is 474 g/mol. The molecule has 3 aromatic rings. The van der Waals surface area contributed by atoms with Crippen LogP contribution in [-0.2, 0) is 4.79 Å². The Morgan fingerprint density at radius 1 is 1.26 bits per heavy atom. The molecule has 2 aromatic carbocycles. The number of carbonyl (C=O) groups is 2. The number of piperidine rings is 1. The van der Waals surface area contributed by atoms with Gasteiger partial charge in [0.25, 0.3) is 11.1 Å². The van der Waals surface area contributed by atoms with Crippen molar-refractivity contribution in [3.63, 3.8) is 0 Å². The Morgan fingerprint density at radius 3 is 2.82 bits per heavy atom. The second-order valence-corrected chi connectivity index (χ2v) is 9.32. The standard InChI is InChI=1S/C25H20FN5O2S/c26-19-10-15(4-6-21(19)31-7-1-2-17(28)13-31)23-16(11-27)12-29-20-5-3-14(8-18(20)23)9-22-24(32)30-25(33)34-22/h3-6,8-10,12,17H,1-2,7,13,28H2,(H,30,32,33)/t17-/m1/s1. The summed E-state index contributed by atoms with van der Waals surface area (Å²) in [5.74, 6) is -0.828. The topological polar surface area (TPSA) is 112 Å². The van der Waals surface area contributed by atoms with Crippen molar-refractivity contribution >= 4 is 45.6 Å². The fourth-order valence-corrected chi connectivity index (χ4v) is 5.10. The number of nitrogens with zero attached hydrogens (tertiary/aromatic N) is 3. The number of aromatic nitrogens is 1. The van der Waals surface area contributed by atoms with E-state index in [-0.39, 0.29) is 16.8 Å². The van der Waals surface area contributed by atoms with Crippen LogP contribution < -0.4 is 16.0 Å². The minimum absolute atomic E-state index is 0.0186. The monoisotopic (exact) mass is 473 g/mol. The van der Waals surface area contributed by atoms with Gasteiger partial charge in [-0.05, 0) is 66.1 Å². The first-order chi connectivity index (χ1) is 16.4. The van der Waals surface area contributed by atoms with Gasteiger partial charge in [-0.2, -0.15) is 5.26 Å². The highest BCUT2D eigenvalue weighted by molar-refractivity contribution is 8.18. The van der Waals surface area contributed by atoms with Gasteiger partial charge in [0.1, 0.15) is 11.9 Å². The molecule has 2 aliphatic rings. The molecule has 0 unspecified atom stereocenters. The highest BCUT2D eigenvalue weighted by atomic mass is 32.2. The lowest BCUT2D eigenvalue weighted by Crippen LogP contribution is -2.43. The van der Waals surface area contributed by atoms with E-state index in [0.717, 1.165) is 31.1 Å². The lowest BCUT2D eigenvalue weighted by atomic mass is 9.95. The van der Waals surface area contributed by atoms with E-state index in [4.69, 9.17) is 5.73 Å². The number of hydrogen-bond acceptors (Lipinski definition) is 7. The maximum absolute atomic E-state index is 15.2. The van der Waals surface area contributed by atoms with Gasteiger partial charge in [-0.15, -0.1) is 0 Å². The minimum Gasteiger partial charge on any atom is -0.368 e. The maximum Gasteiger partial charge on any atom is 0.290 e. The third-order valence-corrected chi connectivity index (χ3v) is 6.80. The van der Waals surface area contributed by atoms with Crippen LogP contribution in [0, 0.1) is 17.1 Å². The Morgan fingerprint density at radius 2 is 2.12 bits per heavy atom. The van der Waals surface area contributed by atoms with E-state index in [0.29, 0.717) is 45.4 Å². The van der Waals surface area contributed by atoms with Crippen molar-refractivity contribution in [1.29, 1.82) is 5.26 Å². The molecule has 2 fully saturated rings. The summed E-state index contributed by atoms with van der Waals surface area (Å²) in [7, 11) is 0. The Hall–Kier alpha value is -3.74. The number of hydrogen-bond donors (Lipinski definition) is 2. The quantitative estimate of drug-likeness (QED) is 0.549. The van der Waals surface area contributed by atoms with Gasteiger partial charge in [0.15, 0.2) is 0 Å². The Labute approximate surface area is 199 Å². The van der Waals surface area contributed by atoms with Crippen molar-refractivity contribution in [2.45, 2.75) is 18.9 Å².